The van der Waals surface area contributed by atoms with E-state index in [1.54, 1.807) is 6.26 Å². The van der Waals surface area contributed by atoms with Gasteiger partial charge < -0.3 is 4.74 Å². The fourth-order valence-corrected chi connectivity index (χ4v) is 1.61. The first-order valence-electron chi connectivity index (χ1n) is 5.17. The van der Waals surface area contributed by atoms with Crippen LogP contribution in [0.1, 0.15) is 12.5 Å². The molecule has 0 unspecified atom stereocenters. The Bertz CT molecular complexity index is 466. The van der Waals surface area contributed by atoms with E-state index in [4.69, 9.17) is 4.74 Å². The standard InChI is InChI=1S/C14H14O/c1-2-15-11-10-13-8-5-7-12-6-3-4-9-14(12)13/h3-11H,2H2,1H3. The molecule has 0 atom stereocenters. The molecule has 0 aliphatic carbocycles. The van der Waals surface area contributed by atoms with E-state index >= 15 is 0 Å². The Balaban J connectivity index is 2.42. The summed E-state index contributed by atoms with van der Waals surface area (Å²) in [6.07, 6.45) is 3.76. The highest BCUT2D eigenvalue weighted by atomic mass is 16.5. The van der Waals surface area contributed by atoms with Gasteiger partial charge in [0.25, 0.3) is 0 Å². The predicted octanol–water partition coefficient (Wildman–Crippen LogP) is 3.85. The second kappa shape index (κ2) is 4.65. The zero-order valence-corrected chi connectivity index (χ0v) is 8.81. The smallest absolute Gasteiger partial charge is 0.0845 e. The minimum Gasteiger partial charge on any atom is -0.501 e. The quantitative estimate of drug-likeness (QED) is 0.681. The molecule has 0 amide bonds. The van der Waals surface area contributed by atoms with Crippen LogP contribution < -0.4 is 0 Å². The minimum atomic E-state index is 0.710. The SMILES string of the molecule is CCOC=Cc1cccc2ccccc12. The summed E-state index contributed by atoms with van der Waals surface area (Å²) in [5.41, 5.74) is 1.20. The topological polar surface area (TPSA) is 9.23 Å². The number of rotatable bonds is 3. The molecule has 0 bridgehead atoms. The van der Waals surface area contributed by atoms with Crippen LogP contribution in [0.3, 0.4) is 0 Å². The lowest BCUT2D eigenvalue weighted by Crippen LogP contribution is -1.79. The maximum absolute atomic E-state index is 5.21. The summed E-state index contributed by atoms with van der Waals surface area (Å²) in [6, 6.07) is 14.6. The van der Waals surface area contributed by atoms with Crippen LogP contribution in [0.25, 0.3) is 16.8 Å². The van der Waals surface area contributed by atoms with Crippen LogP contribution in [0.2, 0.25) is 0 Å². The predicted molar refractivity (Wildman–Crippen MR) is 64.6 cm³/mol. The zero-order valence-electron chi connectivity index (χ0n) is 8.81. The maximum Gasteiger partial charge on any atom is 0.0845 e. The summed E-state index contributed by atoms with van der Waals surface area (Å²) < 4.78 is 5.21. The van der Waals surface area contributed by atoms with Crippen LogP contribution in [-0.4, -0.2) is 6.61 Å². The third-order valence-corrected chi connectivity index (χ3v) is 2.33. The van der Waals surface area contributed by atoms with Gasteiger partial charge in [0.1, 0.15) is 0 Å². The van der Waals surface area contributed by atoms with Crippen LogP contribution in [0.4, 0.5) is 0 Å². The van der Waals surface area contributed by atoms with Crippen molar-refractivity contribution in [1.82, 2.24) is 0 Å². The van der Waals surface area contributed by atoms with E-state index in [0.29, 0.717) is 6.61 Å². The van der Waals surface area contributed by atoms with E-state index in [1.807, 2.05) is 13.0 Å². The van der Waals surface area contributed by atoms with Crippen molar-refractivity contribution < 1.29 is 4.74 Å². The summed E-state index contributed by atoms with van der Waals surface area (Å²) in [6.45, 7) is 2.69. The Morgan fingerprint density at radius 2 is 1.87 bits per heavy atom. The molecule has 0 saturated carbocycles. The molecule has 15 heavy (non-hydrogen) atoms. The van der Waals surface area contributed by atoms with Crippen molar-refractivity contribution in [2.24, 2.45) is 0 Å². The Morgan fingerprint density at radius 1 is 1.07 bits per heavy atom. The van der Waals surface area contributed by atoms with Gasteiger partial charge in [0, 0.05) is 0 Å². The fraction of sp³-hybridized carbons (Fsp3) is 0.143. The molecular formula is C14H14O. The summed E-state index contributed by atoms with van der Waals surface area (Å²) in [5.74, 6) is 0. The van der Waals surface area contributed by atoms with Crippen molar-refractivity contribution in [3.8, 4) is 0 Å². The van der Waals surface area contributed by atoms with Gasteiger partial charge in [-0.3, -0.25) is 0 Å². The zero-order chi connectivity index (χ0) is 10.5. The lowest BCUT2D eigenvalue weighted by atomic mass is 10.1. The molecule has 0 fully saturated rings. The van der Waals surface area contributed by atoms with Crippen molar-refractivity contribution in [2.45, 2.75) is 6.92 Å². The van der Waals surface area contributed by atoms with Crippen LogP contribution >= 0.6 is 0 Å². The third-order valence-electron chi connectivity index (χ3n) is 2.33. The Labute approximate surface area is 90.0 Å². The average molecular weight is 198 g/mol. The first kappa shape index (κ1) is 9.78. The summed E-state index contributed by atoms with van der Waals surface area (Å²) in [4.78, 5) is 0. The van der Waals surface area contributed by atoms with Gasteiger partial charge >= 0.3 is 0 Å². The molecule has 0 saturated heterocycles. The molecule has 2 aromatic carbocycles. The van der Waals surface area contributed by atoms with Crippen molar-refractivity contribution >= 4 is 16.8 Å². The van der Waals surface area contributed by atoms with Gasteiger partial charge in [-0.15, -0.1) is 0 Å². The summed E-state index contributed by atoms with van der Waals surface area (Å²) in [7, 11) is 0. The van der Waals surface area contributed by atoms with Gasteiger partial charge in [0.2, 0.25) is 0 Å². The molecule has 2 aromatic rings. The molecule has 0 aliphatic heterocycles. The largest absolute Gasteiger partial charge is 0.501 e. The molecule has 1 heteroatoms. The second-order valence-corrected chi connectivity index (χ2v) is 3.33. The molecule has 2 rings (SSSR count). The van der Waals surface area contributed by atoms with Crippen LogP contribution in [0.15, 0.2) is 48.7 Å². The lowest BCUT2D eigenvalue weighted by Gasteiger charge is -2.01. The van der Waals surface area contributed by atoms with Crippen molar-refractivity contribution in [2.75, 3.05) is 6.61 Å². The highest BCUT2D eigenvalue weighted by Crippen LogP contribution is 2.19. The van der Waals surface area contributed by atoms with Crippen LogP contribution in [0, 0.1) is 0 Å². The van der Waals surface area contributed by atoms with Gasteiger partial charge in [0.15, 0.2) is 0 Å². The minimum absolute atomic E-state index is 0.710. The molecule has 0 radical (unpaired) electrons. The van der Waals surface area contributed by atoms with E-state index in [1.165, 1.54) is 16.3 Å². The first-order chi connectivity index (χ1) is 7.42. The molecule has 0 spiro atoms. The van der Waals surface area contributed by atoms with Gasteiger partial charge in [-0.2, -0.15) is 0 Å². The Hall–Kier alpha value is -1.76. The summed E-state index contributed by atoms with van der Waals surface area (Å²) in [5, 5.41) is 2.52. The highest BCUT2D eigenvalue weighted by Gasteiger charge is 1.95. The van der Waals surface area contributed by atoms with Gasteiger partial charge in [-0.05, 0) is 29.3 Å². The van der Waals surface area contributed by atoms with E-state index in [0.717, 1.165) is 0 Å². The maximum atomic E-state index is 5.21. The van der Waals surface area contributed by atoms with Crippen LogP contribution in [0.5, 0.6) is 0 Å². The van der Waals surface area contributed by atoms with Crippen LogP contribution in [-0.2, 0) is 4.74 Å². The van der Waals surface area contributed by atoms with Gasteiger partial charge in [-0.1, -0.05) is 42.5 Å². The van der Waals surface area contributed by atoms with E-state index in [-0.39, 0.29) is 0 Å². The fourth-order valence-electron chi connectivity index (χ4n) is 1.61. The number of benzene rings is 2. The van der Waals surface area contributed by atoms with Gasteiger partial charge in [-0.25, -0.2) is 0 Å². The number of hydrogen-bond donors (Lipinski definition) is 0. The number of fused-ring (bicyclic) bond motifs is 1. The summed E-state index contributed by atoms with van der Waals surface area (Å²) >= 11 is 0. The van der Waals surface area contributed by atoms with E-state index in [9.17, 15) is 0 Å². The molecule has 76 valence electrons. The van der Waals surface area contributed by atoms with E-state index < -0.39 is 0 Å². The number of ether oxygens (including phenoxy) is 1. The molecule has 1 nitrogen and oxygen atoms in total. The monoisotopic (exact) mass is 198 g/mol. The molecule has 0 aromatic heterocycles. The molecular weight excluding hydrogens is 184 g/mol. The second-order valence-electron chi connectivity index (χ2n) is 3.33. The Kier molecular flexibility index (Phi) is 3.03. The van der Waals surface area contributed by atoms with Crippen molar-refractivity contribution in [1.29, 1.82) is 0 Å². The normalized spacial score (nSPS) is 11.0. The molecule has 0 N–H and O–H groups in total. The Morgan fingerprint density at radius 3 is 2.73 bits per heavy atom. The third kappa shape index (κ3) is 2.18. The first-order valence-corrected chi connectivity index (χ1v) is 5.17. The van der Waals surface area contributed by atoms with E-state index in [2.05, 4.69) is 42.5 Å². The average Bonchev–Trinajstić information content (AvgIpc) is 2.30. The van der Waals surface area contributed by atoms with Crippen molar-refractivity contribution in [3.63, 3.8) is 0 Å². The van der Waals surface area contributed by atoms with Gasteiger partial charge in [0.05, 0.1) is 12.9 Å². The number of hydrogen-bond acceptors (Lipinski definition) is 1. The molecule has 0 aliphatic rings. The van der Waals surface area contributed by atoms with Crippen molar-refractivity contribution in [3.05, 3.63) is 54.3 Å². The highest BCUT2D eigenvalue weighted by molar-refractivity contribution is 5.90. The molecule has 0 heterocycles. The lowest BCUT2D eigenvalue weighted by molar-refractivity contribution is 0.272.